The zero-order valence-electron chi connectivity index (χ0n) is 17.4. The quantitative estimate of drug-likeness (QED) is 0.381. The molecule has 1 unspecified atom stereocenters. The van der Waals surface area contributed by atoms with Gasteiger partial charge in [-0.1, -0.05) is 42.5 Å². The first kappa shape index (κ1) is 19.9. The smallest absolute Gasteiger partial charge is 0.300 e. The van der Waals surface area contributed by atoms with Gasteiger partial charge < -0.3 is 14.6 Å². The van der Waals surface area contributed by atoms with E-state index in [-0.39, 0.29) is 11.3 Å². The minimum atomic E-state index is -0.758. The number of nitrogens with zero attached hydrogens (tertiary/aromatic N) is 1. The van der Waals surface area contributed by atoms with E-state index in [9.17, 15) is 14.7 Å². The van der Waals surface area contributed by atoms with Gasteiger partial charge in [-0.25, -0.2) is 0 Å². The number of carbonyl (C=O) groups excluding carboxylic acids is 2. The van der Waals surface area contributed by atoms with E-state index in [1.54, 1.807) is 24.3 Å². The highest BCUT2D eigenvalue weighted by atomic mass is 16.6. The van der Waals surface area contributed by atoms with Crippen molar-refractivity contribution in [3.8, 4) is 11.5 Å². The second-order valence-corrected chi connectivity index (χ2v) is 7.78. The predicted molar refractivity (Wildman–Crippen MR) is 120 cm³/mol. The van der Waals surface area contributed by atoms with Crippen LogP contribution in [0.4, 0.5) is 5.69 Å². The van der Waals surface area contributed by atoms with E-state index in [1.807, 2.05) is 55.5 Å². The fraction of sp³-hybridized carbons (Fsp3) is 0.154. The molecule has 0 aliphatic carbocycles. The Labute approximate surface area is 185 Å². The number of aliphatic hydroxyl groups is 1. The number of carbonyl (C=O) groups is 2. The Morgan fingerprint density at radius 2 is 1.66 bits per heavy atom. The van der Waals surface area contributed by atoms with Crippen LogP contribution in [0, 0.1) is 6.92 Å². The summed E-state index contributed by atoms with van der Waals surface area (Å²) in [4.78, 5) is 27.8. The molecule has 6 nitrogen and oxygen atoms in total. The summed E-state index contributed by atoms with van der Waals surface area (Å²) in [5.74, 6) is -0.585. The molecule has 1 atom stereocenters. The number of rotatable bonds is 3. The van der Waals surface area contributed by atoms with Crippen molar-refractivity contribution in [1.82, 2.24) is 0 Å². The highest BCUT2D eigenvalue weighted by Crippen LogP contribution is 2.43. The summed E-state index contributed by atoms with van der Waals surface area (Å²) in [7, 11) is 0. The molecule has 5 rings (SSSR count). The third-order valence-electron chi connectivity index (χ3n) is 5.66. The van der Waals surface area contributed by atoms with Gasteiger partial charge in [0.05, 0.1) is 11.6 Å². The summed E-state index contributed by atoms with van der Waals surface area (Å²) in [6.07, 6.45) is 0. The molecular formula is C26H21NO5. The summed E-state index contributed by atoms with van der Waals surface area (Å²) in [6.45, 7) is 2.78. The Balaban J connectivity index is 1.69. The van der Waals surface area contributed by atoms with E-state index in [4.69, 9.17) is 9.47 Å². The first-order valence-corrected chi connectivity index (χ1v) is 10.4. The second-order valence-electron chi connectivity index (χ2n) is 7.78. The van der Waals surface area contributed by atoms with Crippen molar-refractivity contribution >= 4 is 23.1 Å². The number of ketones is 1. The SMILES string of the molecule is Cc1cccc(N2C(=O)C(=O)/C(=C(\O)c3ccc4c(c3)OCCO4)C2c2ccccc2)c1. The van der Waals surface area contributed by atoms with Crippen molar-refractivity contribution in [2.24, 2.45) is 0 Å². The molecule has 1 saturated heterocycles. The van der Waals surface area contributed by atoms with Crippen molar-refractivity contribution in [2.45, 2.75) is 13.0 Å². The molecule has 0 radical (unpaired) electrons. The third kappa shape index (κ3) is 3.30. The fourth-order valence-corrected chi connectivity index (χ4v) is 4.17. The number of anilines is 1. The van der Waals surface area contributed by atoms with Crippen molar-refractivity contribution in [1.29, 1.82) is 0 Å². The average Bonchev–Trinajstić information content (AvgIpc) is 3.09. The molecule has 2 aliphatic rings. The minimum Gasteiger partial charge on any atom is -0.507 e. The van der Waals surface area contributed by atoms with Crippen molar-refractivity contribution in [3.63, 3.8) is 0 Å². The number of hydrogen-bond donors (Lipinski definition) is 1. The summed E-state index contributed by atoms with van der Waals surface area (Å²) >= 11 is 0. The van der Waals surface area contributed by atoms with Gasteiger partial charge in [-0.3, -0.25) is 14.5 Å². The molecule has 3 aromatic rings. The largest absolute Gasteiger partial charge is 0.507 e. The normalized spacial score (nSPS) is 19.3. The Bertz CT molecular complexity index is 1250. The molecule has 0 spiro atoms. The molecule has 160 valence electrons. The number of Topliss-reactive ketones (excluding diaryl/α,β-unsaturated/α-hetero) is 1. The number of benzene rings is 3. The maximum Gasteiger partial charge on any atom is 0.300 e. The lowest BCUT2D eigenvalue weighted by molar-refractivity contribution is -0.132. The molecule has 2 heterocycles. The van der Waals surface area contributed by atoms with Gasteiger partial charge in [0.15, 0.2) is 11.5 Å². The number of aryl methyl sites for hydroxylation is 1. The van der Waals surface area contributed by atoms with Gasteiger partial charge in [-0.15, -0.1) is 0 Å². The van der Waals surface area contributed by atoms with Gasteiger partial charge in [0.1, 0.15) is 19.0 Å². The predicted octanol–water partition coefficient (Wildman–Crippen LogP) is 4.39. The summed E-state index contributed by atoms with van der Waals surface area (Å²) in [5.41, 5.74) is 2.72. The van der Waals surface area contributed by atoms with Crippen LogP contribution < -0.4 is 14.4 Å². The van der Waals surface area contributed by atoms with Gasteiger partial charge in [0.2, 0.25) is 0 Å². The van der Waals surface area contributed by atoms with Crippen LogP contribution in [-0.2, 0) is 9.59 Å². The lowest BCUT2D eigenvalue weighted by atomic mass is 9.95. The topological polar surface area (TPSA) is 76.1 Å². The van der Waals surface area contributed by atoms with Crippen LogP contribution in [0.2, 0.25) is 0 Å². The Kier molecular flexibility index (Phi) is 4.90. The van der Waals surface area contributed by atoms with Crippen molar-refractivity contribution in [2.75, 3.05) is 18.1 Å². The first-order chi connectivity index (χ1) is 15.5. The molecule has 1 N–H and O–H groups in total. The zero-order valence-corrected chi connectivity index (χ0v) is 17.4. The van der Waals surface area contributed by atoms with Crippen molar-refractivity contribution < 1.29 is 24.2 Å². The highest BCUT2D eigenvalue weighted by Gasteiger charge is 2.47. The highest BCUT2D eigenvalue weighted by molar-refractivity contribution is 6.51. The van der Waals surface area contributed by atoms with E-state index in [0.717, 1.165) is 11.1 Å². The Morgan fingerprint density at radius 3 is 2.41 bits per heavy atom. The van der Waals surface area contributed by atoms with Crippen LogP contribution in [0.3, 0.4) is 0 Å². The molecule has 3 aromatic carbocycles. The van der Waals surface area contributed by atoms with Crippen LogP contribution in [0.1, 0.15) is 22.7 Å². The molecule has 32 heavy (non-hydrogen) atoms. The zero-order chi connectivity index (χ0) is 22.2. The van der Waals surface area contributed by atoms with Crippen LogP contribution >= 0.6 is 0 Å². The third-order valence-corrected chi connectivity index (χ3v) is 5.66. The molecule has 0 aromatic heterocycles. The summed E-state index contributed by atoms with van der Waals surface area (Å²) in [6, 6.07) is 20.9. The molecule has 1 amide bonds. The standard InChI is InChI=1S/C26H21NO5/c1-16-6-5-9-19(14-16)27-23(17-7-3-2-4-8-17)22(25(29)26(27)30)24(28)18-10-11-20-21(15-18)32-13-12-31-20/h2-11,14-15,23,28H,12-13H2,1H3/b24-22-. The number of ether oxygens (including phenoxy) is 2. The molecule has 0 saturated carbocycles. The number of aliphatic hydroxyl groups excluding tert-OH is 1. The van der Waals surface area contributed by atoms with Gasteiger partial charge >= 0.3 is 0 Å². The molecule has 0 bridgehead atoms. The number of amides is 1. The van der Waals surface area contributed by atoms with Crippen LogP contribution in [0.5, 0.6) is 11.5 Å². The van der Waals surface area contributed by atoms with Gasteiger partial charge in [0.25, 0.3) is 11.7 Å². The first-order valence-electron chi connectivity index (χ1n) is 10.4. The lowest BCUT2D eigenvalue weighted by Gasteiger charge is -2.26. The lowest BCUT2D eigenvalue weighted by Crippen LogP contribution is -2.29. The van der Waals surface area contributed by atoms with Gasteiger partial charge in [-0.2, -0.15) is 0 Å². The molecule has 6 heteroatoms. The van der Waals surface area contributed by atoms with Gasteiger partial charge in [-0.05, 0) is 48.4 Å². The van der Waals surface area contributed by atoms with Crippen molar-refractivity contribution in [3.05, 3.63) is 95.1 Å². The Morgan fingerprint density at radius 1 is 0.906 bits per heavy atom. The summed E-state index contributed by atoms with van der Waals surface area (Å²) < 4.78 is 11.2. The summed E-state index contributed by atoms with van der Waals surface area (Å²) in [5, 5.41) is 11.2. The van der Waals surface area contributed by atoms with E-state index in [1.165, 1.54) is 4.90 Å². The van der Waals surface area contributed by atoms with E-state index >= 15 is 0 Å². The fourth-order valence-electron chi connectivity index (χ4n) is 4.17. The maximum absolute atomic E-state index is 13.2. The number of hydrogen-bond acceptors (Lipinski definition) is 5. The second kappa shape index (κ2) is 7.89. The van der Waals surface area contributed by atoms with E-state index in [2.05, 4.69) is 0 Å². The Hall–Kier alpha value is -4.06. The maximum atomic E-state index is 13.2. The van der Waals surface area contributed by atoms with Crippen LogP contribution in [0.15, 0.2) is 78.4 Å². The van der Waals surface area contributed by atoms with Crippen LogP contribution in [-0.4, -0.2) is 30.0 Å². The average molecular weight is 427 g/mol. The van der Waals surface area contributed by atoms with Crippen LogP contribution in [0.25, 0.3) is 5.76 Å². The monoisotopic (exact) mass is 427 g/mol. The number of fused-ring (bicyclic) bond motifs is 1. The van der Waals surface area contributed by atoms with Gasteiger partial charge in [0, 0.05) is 11.3 Å². The minimum absolute atomic E-state index is 0.0411. The molecular weight excluding hydrogens is 406 g/mol. The van der Waals surface area contributed by atoms with E-state index in [0.29, 0.717) is 36.0 Å². The molecule has 2 aliphatic heterocycles. The molecule has 1 fully saturated rings. The van der Waals surface area contributed by atoms with E-state index < -0.39 is 17.7 Å².